The van der Waals surface area contributed by atoms with Gasteiger partial charge in [0.25, 0.3) is 5.56 Å². The van der Waals surface area contributed by atoms with Crippen LogP contribution in [0.4, 0.5) is 5.69 Å². The van der Waals surface area contributed by atoms with Gasteiger partial charge >= 0.3 is 0 Å². The maximum absolute atomic E-state index is 11.6. The lowest BCUT2D eigenvalue weighted by Gasteiger charge is -2.12. The highest BCUT2D eigenvalue weighted by atomic mass is 16.2. The molecule has 5 nitrogen and oxygen atoms in total. The van der Waals surface area contributed by atoms with Crippen LogP contribution in [0.1, 0.15) is 20.3 Å². The molecule has 0 aromatic carbocycles. The summed E-state index contributed by atoms with van der Waals surface area (Å²) in [5, 5.41) is 5.61. The molecule has 1 heterocycles. The zero-order valence-electron chi connectivity index (χ0n) is 10.5. The molecule has 0 saturated heterocycles. The van der Waals surface area contributed by atoms with E-state index in [-0.39, 0.29) is 17.5 Å². The number of anilines is 1. The summed E-state index contributed by atoms with van der Waals surface area (Å²) >= 11 is 0. The number of aryl methyl sites for hydroxylation is 1. The zero-order valence-corrected chi connectivity index (χ0v) is 10.5. The van der Waals surface area contributed by atoms with Gasteiger partial charge < -0.3 is 15.2 Å². The maximum Gasteiger partial charge on any atom is 0.250 e. The number of likely N-dealkylation sites (N-methyl/N-ethyl adjacent to an activating group) is 1. The third kappa shape index (κ3) is 3.71. The molecule has 94 valence electrons. The zero-order chi connectivity index (χ0) is 12.8. The highest BCUT2D eigenvalue weighted by molar-refractivity contribution is 5.94. The molecule has 17 heavy (non-hydrogen) atoms. The molecule has 1 amide bonds. The number of hydrogen-bond donors (Lipinski definition) is 2. The molecule has 0 aliphatic heterocycles. The van der Waals surface area contributed by atoms with Crippen LogP contribution < -0.4 is 16.2 Å². The minimum atomic E-state index is -0.262. The smallest absolute Gasteiger partial charge is 0.250 e. The fraction of sp³-hybridized carbons (Fsp3) is 0.500. The first-order valence-corrected chi connectivity index (χ1v) is 5.77. The summed E-state index contributed by atoms with van der Waals surface area (Å²) in [5.74, 6) is -0.116. The van der Waals surface area contributed by atoms with Crippen molar-refractivity contribution in [3.05, 3.63) is 28.7 Å². The summed E-state index contributed by atoms with van der Waals surface area (Å²) in [5.41, 5.74) is 0.594. The number of aromatic nitrogens is 1. The van der Waals surface area contributed by atoms with E-state index in [0.717, 1.165) is 6.42 Å². The van der Waals surface area contributed by atoms with Crippen molar-refractivity contribution in [1.82, 2.24) is 9.88 Å². The minimum absolute atomic E-state index is 0.0495. The van der Waals surface area contributed by atoms with E-state index >= 15 is 0 Å². The summed E-state index contributed by atoms with van der Waals surface area (Å²) in [6, 6.07) is 2.82. The van der Waals surface area contributed by atoms with E-state index in [1.807, 2.05) is 6.92 Å². The highest BCUT2D eigenvalue weighted by Gasteiger charge is 2.10. The molecule has 0 bridgehead atoms. The fourth-order valence-corrected chi connectivity index (χ4v) is 1.40. The molecule has 1 atom stereocenters. The summed E-state index contributed by atoms with van der Waals surface area (Å²) in [6.45, 7) is 4.43. The van der Waals surface area contributed by atoms with Gasteiger partial charge in [-0.05, 0) is 26.5 Å². The quantitative estimate of drug-likeness (QED) is 0.796. The van der Waals surface area contributed by atoms with Crippen molar-refractivity contribution in [3.8, 4) is 0 Å². The number of carbonyl (C=O) groups excluding carboxylic acids is 1. The second-order valence-corrected chi connectivity index (χ2v) is 3.95. The lowest BCUT2D eigenvalue weighted by molar-refractivity contribution is -0.117. The number of carbonyl (C=O) groups is 1. The molecule has 0 aliphatic carbocycles. The normalized spacial score (nSPS) is 12.2. The van der Waals surface area contributed by atoms with Crippen LogP contribution >= 0.6 is 0 Å². The Labute approximate surface area is 101 Å². The van der Waals surface area contributed by atoms with E-state index in [2.05, 4.69) is 10.6 Å². The Morgan fingerprint density at radius 3 is 2.76 bits per heavy atom. The van der Waals surface area contributed by atoms with Crippen molar-refractivity contribution in [2.24, 2.45) is 0 Å². The second kappa shape index (κ2) is 6.20. The summed E-state index contributed by atoms with van der Waals surface area (Å²) in [6.07, 6.45) is 2.55. The Hall–Kier alpha value is -1.62. The van der Waals surface area contributed by atoms with Crippen molar-refractivity contribution >= 4 is 11.6 Å². The van der Waals surface area contributed by atoms with Gasteiger partial charge in [0, 0.05) is 18.8 Å². The first-order valence-electron chi connectivity index (χ1n) is 5.77. The Kier molecular flexibility index (Phi) is 4.90. The number of nitrogens with one attached hydrogen (secondary N) is 2. The van der Waals surface area contributed by atoms with E-state index in [0.29, 0.717) is 12.2 Å². The molecule has 0 aliphatic rings. The van der Waals surface area contributed by atoms with E-state index in [1.54, 1.807) is 30.8 Å². The topological polar surface area (TPSA) is 63.1 Å². The standard InChI is InChI=1S/C12H19N3O2/c1-4-7-15-8-10(5-6-11(15)16)14-12(17)9(2)13-3/h5-6,8-9,13H,4,7H2,1-3H3,(H,14,17). The molecule has 0 saturated carbocycles. The molecule has 5 heteroatoms. The van der Waals surface area contributed by atoms with Gasteiger partial charge in [-0.2, -0.15) is 0 Å². The third-order valence-corrected chi connectivity index (χ3v) is 2.54. The van der Waals surface area contributed by atoms with Gasteiger partial charge in [-0.15, -0.1) is 0 Å². The van der Waals surface area contributed by atoms with Crippen LogP contribution in [0.15, 0.2) is 23.1 Å². The predicted molar refractivity (Wildman–Crippen MR) is 68.1 cm³/mol. The monoisotopic (exact) mass is 237 g/mol. The SMILES string of the molecule is CCCn1cc(NC(=O)C(C)NC)ccc1=O. The molecular formula is C12H19N3O2. The Balaban J connectivity index is 2.82. The summed E-state index contributed by atoms with van der Waals surface area (Å²) < 4.78 is 1.60. The number of amides is 1. The van der Waals surface area contributed by atoms with Crippen LogP contribution in [0.2, 0.25) is 0 Å². The third-order valence-electron chi connectivity index (χ3n) is 2.54. The molecule has 0 radical (unpaired) electrons. The van der Waals surface area contributed by atoms with Crippen molar-refractivity contribution in [1.29, 1.82) is 0 Å². The first kappa shape index (κ1) is 13.4. The summed E-state index contributed by atoms with van der Waals surface area (Å²) in [4.78, 5) is 23.1. The predicted octanol–water partition coefficient (Wildman–Crippen LogP) is 0.805. The van der Waals surface area contributed by atoms with Crippen LogP contribution in [0.25, 0.3) is 0 Å². The molecule has 1 unspecified atom stereocenters. The van der Waals surface area contributed by atoms with E-state index < -0.39 is 0 Å². The fourth-order valence-electron chi connectivity index (χ4n) is 1.40. The Bertz CT molecular complexity index is 440. The molecule has 1 aromatic heterocycles. The van der Waals surface area contributed by atoms with E-state index in [9.17, 15) is 9.59 Å². The Morgan fingerprint density at radius 2 is 2.18 bits per heavy atom. The van der Waals surface area contributed by atoms with Gasteiger partial charge in [0.1, 0.15) is 0 Å². The van der Waals surface area contributed by atoms with Crippen molar-refractivity contribution in [3.63, 3.8) is 0 Å². The maximum atomic E-state index is 11.6. The average Bonchev–Trinajstić information content (AvgIpc) is 2.32. The first-order chi connectivity index (χ1) is 8.08. The molecule has 2 N–H and O–H groups in total. The van der Waals surface area contributed by atoms with Crippen molar-refractivity contribution < 1.29 is 4.79 Å². The molecular weight excluding hydrogens is 218 g/mol. The van der Waals surface area contributed by atoms with Crippen LogP contribution in [-0.2, 0) is 11.3 Å². The van der Waals surface area contributed by atoms with E-state index in [1.165, 1.54) is 6.07 Å². The van der Waals surface area contributed by atoms with Gasteiger partial charge in [-0.1, -0.05) is 6.92 Å². The van der Waals surface area contributed by atoms with Gasteiger partial charge in [0.2, 0.25) is 5.91 Å². The van der Waals surface area contributed by atoms with Gasteiger partial charge in [0.15, 0.2) is 0 Å². The van der Waals surface area contributed by atoms with E-state index in [4.69, 9.17) is 0 Å². The Morgan fingerprint density at radius 1 is 1.47 bits per heavy atom. The number of hydrogen-bond acceptors (Lipinski definition) is 3. The lowest BCUT2D eigenvalue weighted by atomic mass is 10.3. The molecule has 1 rings (SSSR count). The van der Waals surface area contributed by atoms with Crippen LogP contribution in [-0.4, -0.2) is 23.6 Å². The molecule has 0 spiro atoms. The van der Waals surface area contributed by atoms with Gasteiger partial charge in [-0.25, -0.2) is 0 Å². The second-order valence-electron chi connectivity index (χ2n) is 3.95. The van der Waals surface area contributed by atoms with Crippen LogP contribution in [0, 0.1) is 0 Å². The lowest BCUT2D eigenvalue weighted by Crippen LogP contribution is -2.35. The highest BCUT2D eigenvalue weighted by Crippen LogP contribution is 2.04. The molecule has 1 aromatic rings. The van der Waals surface area contributed by atoms with Crippen molar-refractivity contribution in [2.75, 3.05) is 12.4 Å². The van der Waals surface area contributed by atoms with Gasteiger partial charge in [0.05, 0.1) is 11.7 Å². The molecule has 0 fully saturated rings. The van der Waals surface area contributed by atoms with Crippen LogP contribution in [0.3, 0.4) is 0 Å². The summed E-state index contributed by atoms with van der Waals surface area (Å²) in [7, 11) is 1.72. The largest absolute Gasteiger partial charge is 0.323 e. The number of rotatable bonds is 5. The number of nitrogens with zero attached hydrogens (tertiary/aromatic N) is 1. The number of pyridine rings is 1. The minimum Gasteiger partial charge on any atom is -0.323 e. The average molecular weight is 237 g/mol. The van der Waals surface area contributed by atoms with Crippen LogP contribution in [0.5, 0.6) is 0 Å². The van der Waals surface area contributed by atoms with Gasteiger partial charge in [-0.3, -0.25) is 9.59 Å². The van der Waals surface area contributed by atoms with Crippen molar-refractivity contribution in [2.45, 2.75) is 32.9 Å².